The minimum absolute atomic E-state index is 0.0161. The van der Waals surface area contributed by atoms with Gasteiger partial charge in [-0.15, -0.1) is 0 Å². The molecule has 5 rings (SSSR count). The van der Waals surface area contributed by atoms with Gasteiger partial charge in [-0.25, -0.2) is 0 Å². The Labute approximate surface area is 183 Å². The molecule has 1 amide bonds. The number of aromatic hydroxyl groups is 1. The van der Waals surface area contributed by atoms with E-state index in [1.54, 1.807) is 13.2 Å². The molecule has 1 aliphatic carbocycles. The second kappa shape index (κ2) is 8.29. The first-order valence-corrected chi connectivity index (χ1v) is 11.4. The molecule has 0 spiro atoms. The number of nitrogens with zero attached hydrogens (tertiary/aromatic N) is 1. The monoisotopic (exact) mass is 418 g/mol. The zero-order valence-electron chi connectivity index (χ0n) is 18.0. The highest BCUT2D eigenvalue weighted by Crippen LogP contribution is 2.51. The van der Waals surface area contributed by atoms with Gasteiger partial charge in [-0.1, -0.05) is 43.2 Å². The van der Waals surface area contributed by atoms with Gasteiger partial charge >= 0.3 is 0 Å². The number of carbonyl (C=O) groups is 1. The second-order valence-corrected chi connectivity index (χ2v) is 8.88. The van der Waals surface area contributed by atoms with Crippen LogP contribution in [0.1, 0.15) is 65.5 Å². The van der Waals surface area contributed by atoms with Gasteiger partial charge in [0, 0.05) is 19.0 Å². The van der Waals surface area contributed by atoms with Gasteiger partial charge in [0.2, 0.25) is 0 Å². The molecule has 1 fully saturated rings. The smallest absolute Gasteiger partial charge is 0.255 e. The van der Waals surface area contributed by atoms with Gasteiger partial charge in [-0.2, -0.15) is 0 Å². The summed E-state index contributed by atoms with van der Waals surface area (Å²) in [5.74, 6) is 1.36. The van der Waals surface area contributed by atoms with Crippen molar-refractivity contribution in [1.82, 2.24) is 4.90 Å². The van der Waals surface area contributed by atoms with Crippen LogP contribution < -0.4 is 10.1 Å². The molecular formula is C26H30N2O3. The molecule has 0 saturated carbocycles. The number of carbonyl (C=O) groups excluding carboxylic acids is 1. The van der Waals surface area contributed by atoms with Crippen molar-refractivity contribution < 1.29 is 14.6 Å². The fourth-order valence-electron chi connectivity index (χ4n) is 5.47. The van der Waals surface area contributed by atoms with Crippen LogP contribution in [0.2, 0.25) is 0 Å². The molecule has 2 aromatic carbocycles. The van der Waals surface area contributed by atoms with Gasteiger partial charge in [0.25, 0.3) is 5.91 Å². The molecule has 31 heavy (non-hydrogen) atoms. The topological polar surface area (TPSA) is 61.8 Å². The number of methoxy groups -OCH3 is 1. The van der Waals surface area contributed by atoms with E-state index < -0.39 is 0 Å². The molecule has 1 saturated heterocycles. The average molecular weight is 419 g/mol. The highest BCUT2D eigenvalue weighted by molar-refractivity contribution is 6.00. The number of hydrogen-bond donors (Lipinski definition) is 2. The molecular weight excluding hydrogens is 388 g/mol. The number of hydrogen-bond acceptors (Lipinski definition) is 4. The quantitative estimate of drug-likeness (QED) is 0.669. The van der Waals surface area contributed by atoms with E-state index in [0.717, 1.165) is 49.2 Å². The number of nitrogens with one attached hydrogen (secondary N) is 1. The van der Waals surface area contributed by atoms with Crippen LogP contribution >= 0.6 is 0 Å². The summed E-state index contributed by atoms with van der Waals surface area (Å²) in [4.78, 5) is 15.5. The van der Waals surface area contributed by atoms with Gasteiger partial charge in [0.1, 0.15) is 0 Å². The first kappa shape index (κ1) is 20.0. The lowest BCUT2D eigenvalue weighted by Gasteiger charge is -2.38. The van der Waals surface area contributed by atoms with Gasteiger partial charge in [0.05, 0.1) is 24.4 Å². The van der Waals surface area contributed by atoms with E-state index in [1.165, 1.54) is 18.4 Å². The van der Waals surface area contributed by atoms with Gasteiger partial charge in [-0.05, 0) is 54.5 Å². The van der Waals surface area contributed by atoms with Crippen molar-refractivity contribution >= 4 is 11.6 Å². The summed E-state index contributed by atoms with van der Waals surface area (Å²) in [6.45, 7) is 1.68. The highest BCUT2D eigenvalue weighted by atomic mass is 16.5. The Morgan fingerprint density at radius 1 is 1.13 bits per heavy atom. The number of anilines is 1. The fourth-order valence-corrected chi connectivity index (χ4v) is 5.47. The van der Waals surface area contributed by atoms with Crippen molar-refractivity contribution in [3.05, 3.63) is 65.2 Å². The summed E-state index contributed by atoms with van der Waals surface area (Å²) in [6.07, 6.45) is 10.1. The maximum Gasteiger partial charge on any atom is 0.255 e. The molecule has 2 heterocycles. The van der Waals surface area contributed by atoms with Crippen LogP contribution in [0.15, 0.2) is 48.6 Å². The third-order valence-electron chi connectivity index (χ3n) is 7.08. The largest absolute Gasteiger partial charge is 0.504 e. The van der Waals surface area contributed by atoms with Gasteiger partial charge in [0.15, 0.2) is 11.5 Å². The van der Waals surface area contributed by atoms with Crippen LogP contribution in [-0.2, 0) is 0 Å². The Balaban J connectivity index is 1.53. The van der Waals surface area contributed by atoms with Crippen LogP contribution in [-0.4, -0.2) is 36.1 Å². The summed E-state index contributed by atoms with van der Waals surface area (Å²) in [7, 11) is 1.56. The Morgan fingerprint density at radius 2 is 1.94 bits per heavy atom. The first-order chi connectivity index (χ1) is 15.2. The van der Waals surface area contributed by atoms with Crippen molar-refractivity contribution in [2.75, 3.05) is 25.5 Å². The standard InChI is InChI=1S/C26H30N2O3/c1-31-23-13-12-17(16-22(23)29)24-19-9-6-8-18(19)20-10-7-11-21(25(20)27-24)26(30)28-14-4-2-3-5-15-28/h6-8,10-13,16,18-19,24,27,29H,2-5,9,14-15H2,1H3. The summed E-state index contributed by atoms with van der Waals surface area (Å²) >= 11 is 0. The molecule has 3 aliphatic rings. The number of fused-ring (bicyclic) bond motifs is 3. The van der Waals surface area contributed by atoms with Crippen LogP contribution in [0, 0.1) is 5.92 Å². The minimum Gasteiger partial charge on any atom is -0.504 e. The second-order valence-electron chi connectivity index (χ2n) is 8.88. The number of phenols is 1. The molecule has 0 bridgehead atoms. The molecule has 0 aromatic heterocycles. The predicted molar refractivity (Wildman–Crippen MR) is 122 cm³/mol. The highest BCUT2D eigenvalue weighted by Gasteiger charge is 2.39. The first-order valence-electron chi connectivity index (χ1n) is 11.4. The minimum atomic E-state index is 0.0161. The third-order valence-corrected chi connectivity index (χ3v) is 7.08. The van der Waals surface area contributed by atoms with Crippen molar-refractivity contribution in [3.8, 4) is 11.5 Å². The third kappa shape index (κ3) is 3.56. The van der Waals surface area contributed by atoms with Gasteiger partial charge < -0.3 is 20.1 Å². The Hall–Kier alpha value is -2.95. The molecule has 5 heteroatoms. The zero-order valence-corrected chi connectivity index (χ0v) is 18.0. The van der Waals surface area contributed by atoms with E-state index in [2.05, 4.69) is 23.5 Å². The maximum absolute atomic E-state index is 13.5. The average Bonchev–Trinajstić information content (AvgIpc) is 3.13. The summed E-state index contributed by atoms with van der Waals surface area (Å²) in [5, 5.41) is 14.1. The van der Waals surface area contributed by atoms with E-state index in [-0.39, 0.29) is 23.6 Å². The SMILES string of the molecule is COc1ccc(C2Nc3c(C(=O)N4CCCCCC4)cccc3C3C=CCC32)cc1O. The fraction of sp³-hybridized carbons (Fsp3) is 0.423. The number of phenolic OH excluding ortho intramolecular Hbond substituents is 1. The Bertz CT molecular complexity index is 1010. The Kier molecular flexibility index (Phi) is 5.34. The zero-order chi connectivity index (χ0) is 21.4. The van der Waals surface area contributed by atoms with Crippen molar-refractivity contribution in [2.45, 2.75) is 44.1 Å². The van der Waals surface area contributed by atoms with Gasteiger partial charge in [-0.3, -0.25) is 4.79 Å². The number of allylic oxidation sites excluding steroid dienone is 2. The normalized spacial score (nSPS) is 24.7. The summed E-state index contributed by atoms with van der Waals surface area (Å²) in [5.41, 5.74) is 3.93. The Morgan fingerprint density at radius 3 is 2.68 bits per heavy atom. The van der Waals surface area contributed by atoms with Crippen molar-refractivity contribution in [3.63, 3.8) is 0 Å². The number of likely N-dealkylation sites (tertiary alicyclic amines) is 1. The van der Waals surface area contributed by atoms with Crippen LogP contribution in [0.25, 0.3) is 0 Å². The van der Waals surface area contributed by atoms with Crippen LogP contribution in [0.3, 0.4) is 0 Å². The lowest BCUT2D eigenvalue weighted by atomic mass is 9.76. The molecule has 2 aromatic rings. The van der Waals surface area contributed by atoms with E-state index in [0.29, 0.717) is 11.7 Å². The molecule has 3 unspecified atom stereocenters. The van der Waals surface area contributed by atoms with E-state index in [1.807, 2.05) is 29.2 Å². The molecule has 5 nitrogen and oxygen atoms in total. The molecule has 0 radical (unpaired) electrons. The number of amides is 1. The van der Waals surface area contributed by atoms with Crippen molar-refractivity contribution in [1.29, 1.82) is 0 Å². The van der Waals surface area contributed by atoms with E-state index >= 15 is 0 Å². The lowest BCUT2D eigenvalue weighted by molar-refractivity contribution is 0.0762. The van der Waals surface area contributed by atoms with Crippen LogP contribution in [0.5, 0.6) is 11.5 Å². The summed E-state index contributed by atoms with van der Waals surface area (Å²) in [6, 6.07) is 11.8. The number of para-hydroxylation sites is 1. The molecule has 2 aliphatic heterocycles. The predicted octanol–water partition coefficient (Wildman–Crippen LogP) is 5.24. The maximum atomic E-state index is 13.5. The summed E-state index contributed by atoms with van der Waals surface area (Å²) < 4.78 is 5.23. The van der Waals surface area contributed by atoms with Crippen LogP contribution in [0.4, 0.5) is 5.69 Å². The van der Waals surface area contributed by atoms with E-state index in [4.69, 9.17) is 4.74 Å². The number of rotatable bonds is 3. The number of benzene rings is 2. The van der Waals surface area contributed by atoms with E-state index in [9.17, 15) is 9.90 Å². The lowest BCUT2D eigenvalue weighted by Crippen LogP contribution is -2.35. The number of ether oxygens (including phenoxy) is 1. The molecule has 162 valence electrons. The molecule has 2 N–H and O–H groups in total. The molecule has 3 atom stereocenters. The van der Waals surface area contributed by atoms with Crippen molar-refractivity contribution in [2.24, 2.45) is 5.92 Å².